The molecule has 0 bridgehead atoms. The first-order valence-electron chi connectivity index (χ1n) is 11.7. The smallest absolute Gasteiger partial charge is 0.229 e. The maximum absolute atomic E-state index is 10.5. The third-order valence-electron chi connectivity index (χ3n) is 6.60. The van der Waals surface area contributed by atoms with Gasteiger partial charge in [0.1, 0.15) is 30.5 Å². The van der Waals surface area contributed by atoms with Crippen molar-refractivity contribution in [1.82, 2.24) is 0 Å². The van der Waals surface area contributed by atoms with E-state index in [1.807, 2.05) is 6.07 Å². The summed E-state index contributed by atoms with van der Waals surface area (Å²) in [6, 6.07) is 8.24. The van der Waals surface area contributed by atoms with Gasteiger partial charge in [0.05, 0.1) is 26.2 Å². The van der Waals surface area contributed by atoms with Crippen LogP contribution in [0.5, 0.6) is 23.0 Å². The second-order valence-electron chi connectivity index (χ2n) is 8.91. The average molecular weight is 509 g/mol. The lowest BCUT2D eigenvalue weighted by molar-refractivity contribution is -0.277. The van der Waals surface area contributed by atoms with Gasteiger partial charge in [0.15, 0.2) is 23.0 Å². The van der Waals surface area contributed by atoms with Crippen LogP contribution in [0.3, 0.4) is 0 Å². The number of methoxy groups -OCH3 is 1. The molecule has 0 amide bonds. The molecule has 1 fully saturated rings. The molecule has 1 saturated heterocycles. The molecule has 0 aliphatic carbocycles. The van der Waals surface area contributed by atoms with Crippen LogP contribution in [0.2, 0.25) is 0 Å². The topological polar surface area (TPSA) is 179 Å². The zero-order valence-electron chi connectivity index (χ0n) is 19.7. The number of phenolic OH excluding ortho intramolecular Hbond substituents is 1. The molecule has 4 rings (SSSR count). The zero-order chi connectivity index (χ0) is 26.0. The van der Waals surface area contributed by atoms with E-state index >= 15 is 0 Å². The average Bonchev–Trinajstić information content (AvgIpc) is 3.26. The van der Waals surface area contributed by atoms with Crippen molar-refractivity contribution in [3.8, 4) is 23.0 Å². The van der Waals surface area contributed by atoms with Crippen molar-refractivity contribution in [2.24, 2.45) is 0 Å². The number of phenols is 1. The first-order chi connectivity index (χ1) is 17.3. The van der Waals surface area contributed by atoms with Crippen LogP contribution in [0.1, 0.15) is 35.1 Å². The second kappa shape index (κ2) is 11.2. The van der Waals surface area contributed by atoms with Gasteiger partial charge >= 0.3 is 0 Å². The summed E-state index contributed by atoms with van der Waals surface area (Å²) in [5.74, 6) is 0.133. The van der Waals surface area contributed by atoms with Crippen molar-refractivity contribution in [2.75, 3.05) is 26.9 Å². The van der Waals surface area contributed by atoms with Gasteiger partial charge in [0, 0.05) is 12.2 Å². The van der Waals surface area contributed by atoms with Crippen molar-refractivity contribution >= 4 is 0 Å². The maximum Gasteiger partial charge on any atom is 0.229 e. The Bertz CT molecular complexity index is 1040. The Morgan fingerprint density at radius 1 is 0.917 bits per heavy atom. The Balaban J connectivity index is 1.71. The molecule has 7 N–H and O–H groups in total. The molecule has 2 aromatic carbocycles. The fourth-order valence-electron chi connectivity index (χ4n) is 4.63. The van der Waals surface area contributed by atoms with Crippen LogP contribution in [0.15, 0.2) is 30.3 Å². The molecular weight excluding hydrogens is 476 g/mol. The first-order valence-corrected chi connectivity index (χ1v) is 11.7. The standard InChI is InChI=1S/C25H32O11/c1-33-17-9-13(4-5-16(17)29)23-15(10-27)14-7-12(3-2-6-26)8-18(24(14)36-23)34-25-22(32)21(31)20(30)19(11-28)35-25/h4-5,7-9,15,19-23,25-32H,2-3,6,10-11H2,1H3/t15-,19+,20+,21-,22+,23-,25+/m1/s1. The van der Waals surface area contributed by atoms with Gasteiger partial charge in [-0.15, -0.1) is 0 Å². The summed E-state index contributed by atoms with van der Waals surface area (Å²) in [5, 5.41) is 69.7. The number of hydrogen-bond acceptors (Lipinski definition) is 11. The lowest BCUT2D eigenvalue weighted by atomic mass is 9.90. The third-order valence-corrected chi connectivity index (χ3v) is 6.60. The van der Waals surface area contributed by atoms with Crippen LogP contribution >= 0.6 is 0 Å². The fraction of sp³-hybridized carbons (Fsp3) is 0.520. The SMILES string of the molecule is COc1cc([C@H]2Oc3c(O[C@H]4O[C@@H](CO)[C@H](O)[C@@H](O)[C@@H]4O)cc(CCCO)cc3[C@H]2CO)ccc1O. The molecule has 7 atom stereocenters. The molecular formula is C25H32O11. The van der Waals surface area contributed by atoms with Gasteiger partial charge in [0.25, 0.3) is 0 Å². The number of ether oxygens (including phenoxy) is 4. The molecule has 2 aliphatic heterocycles. The van der Waals surface area contributed by atoms with E-state index < -0.39 is 49.3 Å². The minimum Gasteiger partial charge on any atom is -0.504 e. The predicted molar refractivity (Wildman–Crippen MR) is 124 cm³/mol. The molecule has 2 heterocycles. The highest BCUT2D eigenvalue weighted by molar-refractivity contribution is 5.56. The number of aryl methyl sites for hydroxylation is 1. The van der Waals surface area contributed by atoms with Crippen LogP contribution in [-0.4, -0.2) is 93.4 Å². The molecule has 11 nitrogen and oxygen atoms in total. The quantitative estimate of drug-likeness (QED) is 0.237. The summed E-state index contributed by atoms with van der Waals surface area (Å²) in [6.07, 6.45) is -7.04. The number of aromatic hydroxyl groups is 1. The second-order valence-corrected chi connectivity index (χ2v) is 8.91. The largest absolute Gasteiger partial charge is 0.504 e. The minimum absolute atomic E-state index is 0.0319. The molecule has 0 saturated carbocycles. The summed E-state index contributed by atoms with van der Waals surface area (Å²) in [7, 11) is 1.42. The van der Waals surface area contributed by atoms with E-state index in [9.17, 15) is 35.7 Å². The van der Waals surface area contributed by atoms with Gasteiger partial charge < -0.3 is 54.7 Å². The highest BCUT2D eigenvalue weighted by atomic mass is 16.7. The Labute approximate surface area is 207 Å². The number of benzene rings is 2. The Hall–Kier alpha value is -2.64. The van der Waals surface area contributed by atoms with Crippen LogP contribution in [0, 0.1) is 0 Å². The molecule has 11 heteroatoms. The monoisotopic (exact) mass is 508 g/mol. The Morgan fingerprint density at radius 2 is 1.69 bits per heavy atom. The fourth-order valence-corrected chi connectivity index (χ4v) is 4.63. The van der Waals surface area contributed by atoms with Gasteiger partial charge in [-0.25, -0.2) is 0 Å². The third kappa shape index (κ3) is 4.96. The first kappa shape index (κ1) is 26.4. The van der Waals surface area contributed by atoms with Crippen molar-refractivity contribution < 1.29 is 54.7 Å². The van der Waals surface area contributed by atoms with E-state index in [1.54, 1.807) is 18.2 Å². The molecule has 0 unspecified atom stereocenters. The molecule has 0 radical (unpaired) electrons. The lowest BCUT2D eigenvalue weighted by Crippen LogP contribution is -2.60. The van der Waals surface area contributed by atoms with Gasteiger partial charge in [0.2, 0.25) is 6.29 Å². The van der Waals surface area contributed by atoms with Crippen LogP contribution in [0.25, 0.3) is 0 Å². The zero-order valence-corrected chi connectivity index (χ0v) is 19.7. The van der Waals surface area contributed by atoms with E-state index in [0.29, 0.717) is 24.0 Å². The number of fused-ring (bicyclic) bond motifs is 1. The molecule has 2 aromatic rings. The van der Waals surface area contributed by atoms with E-state index in [2.05, 4.69) is 0 Å². The normalized spacial score (nSPS) is 29.5. The highest BCUT2D eigenvalue weighted by Gasteiger charge is 2.46. The van der Waals surface area contributed by atoms with E-state index in [1.165, 1.54) is 13.2 Å². The summed E-state index contributed by atoms with van der Waals surface area (Å²) >= 11 is 0. The van der Waals surface area contributed by atoms with E-state index in [-0.39, 0.29) is 36.2 Å². The molecule has 0 aromatic heterocycles. The van der Waals surface area contributed by atoms with Crippen molar-refractivity contribution in [2.45, 2.75) is 55.6 Å². The van der Waals surface area contributed by atoms with E-state index in [0.717, 1.165) is 5.56 Å². The number of rotatable bonds is 9. The van der Waals surface area contributed by atoms with Crippen LogP contribution in [0.4, 0.5) is 0 Å². The summed E-state index contributed by atoms with van der Waals surface area (Å²) < 4.78 is 22.9. The summed E-state index contributed by atoms with van der Waals surface area (Å²) in [4.78, 5) is 0. The Morgan fingerprint density at radius 3 is 2.36 bits per heavy atom. The molecule has 2 aliphatic rings. The van der Waals surface area contributed by atoms with Crippen molar-refractivity contribution in [1.29, 1.82) is 0 Å². The summed E-state index contributed by atoms with van der Waals surface area (Å²) in [6.45, 7) is -0.910. The Kier molecular flexibility index (Phi) is 8.20. The lowest BCUT2D eigenvalue weighted by Gasteiger charge is -2.39. The van der Waals surface area contributed by atoms with Crippen molar-refractivity contribution in [3.05, 3.63) is 47.0 Å². The summed E-state index contributed by atoms with van der Waals surface area (Å²) in [5.41, 5.74) is 2.04. The van der Waals surface area contributed by atoms with E-state index in [4.69, 9.17) is 18.9 Å². The number of aliphatic hydroxyl groups is 6. The van der Waals surface area contributed by atoms with Gasteiger partial charge in [-0.1, -0.05) is 12.1 Å². The highest BCUT2D eigenvalue weighted by Crippen LogP contribution is 2.52. The maximum atomic E-state index is 10.5. The van der Waals surface area contributed by atoms with Gasteiger partial charge in [-0.3, -0.25) is 0 Å². The van der Waals surface area contributed by atoms with Gasteiger partial charge in [-0.05, 0) is 42.2 Å². The van der Waals surface area contributed by atoms with Crippen LogP contribution < -0.4 is 14.2 Å². The van der Waals surface area contributed by atoms with Gasteiger partial charge in [-0.2, -0.15) is 0 Å². The van der Waals surface area contributed by atoms with Crippen molar-refractivity contribution in [3.63, 3.8) is 0 Å². The molecule has 0 spiro atoms. The molecule has 198 valence electrons. The molecule has 36 heavy (non-hydrogen) atoms. The van der Waals surface area contributed by atoms with Crippen LogP contribution in [-0.2, 0) is 11.2 Å². The predicted octanol–water partition coefficient (Wildman–Crippen LogP) is -0.286. The number of aliphatic hydroxyl groups excluding tert-OH is 6. The number of hydrogen-bond donors (Lipinski definition) is 7. The minimum atomic E-state index is -1.62.